The van der Waals surface area contributed by atoms with Gasteiger partial charge >= 0.3 is 5.97 Å². The summed E-state index contributed by atoms with van der Waals surface area (Å²) in [5.41, 5.74) is 0.669. The number of aromatic nitrogens is 2. The molecule has 0 bridgehead atoms. The van der Waals surface area contributed by atoms with Crippen LogP contribution in [0.4, 0.5) is 17.3 Å². The summed E-state index contributed by atoms with van der Waals surface area (Å²) in [6.07, 6.45) is 1.22. The molecule has 1 saturated heterocycles. The number of hydrogen-bond acceptors (Lipinski definition) is 5. The van der Waals surface area contributed by atoms with Crippen molar-refractivity contribution in [2.24, 2.45) is 5.92 Å². The van der Waals surface area contributed by atoms with E-state index >= 15 is 0 Å². The van der Waals surface area contributed by atoms with Crippen molar-refractivity contribution < 1.29 is 9.90 Å². The largest absolute Gasteiger partial charge is 0.481 e. The minimum absolute atomic E-state index is 0.276. The number of hydrogen-bond donors (Lipinski definition) is 2. The molecule has 2 N–H and O–H groups in total. The monoisotopic (exact) mass is 380 g/mol. The van der Waals surface area contributed by atoms with Gasteiger partial charge in [-0.2, -0.15) is 0 Å². The topological polar surface area (TPSA) is 78.4 Å². The molecule has 2 aromatic rings. The van der Waals surface area contributed by atoms with E-state index in [2.05, 4.69) is 20.2 Å². The van der Waals surface area contributed by atoms with Crippen LogP contribution >= 0.6 is 23.2 Å². The van der Waals surface area contributed by atoms with E-state index in [-0.39, 0.29) is 5.92 Å². The van der Waals surface area contributed by atoms with Gasteiger partial charge in [-0.05, 0) is 38.0 Å². The van der Waals surface area contributed by atoms with Crippen molar-refractivity contribution in [1.82, 2.24) is 9.97 Å². The number of carbonyl (C=O) groups is 1. The standard InChI is InChI=1S/C17H18Cl2N4O2/c1-10-20-15(22-14-8-12(18)2-3-13(14)19)9-16(21-10)23-6-4-11(5-7-23)17(24)25/h2-3,8-9,11H,4-7H2,1H3,(H,24,25)(H,20,21,22). The van der Waals surface area contributed by atoms with Gasteiger partial charge in [-0.25, -0.2) is 9.97 Å². The Morgan fingerprint density at radius 2 is 1.96 bits per heavy atom. The van der Waals surface area contributed by atoms with Gasteiger partial charge in [0.2, 0.25) is 0 Å². The quantitative estimate of drug-likeness (QED) is 0.829. The first-order valence-corrected chi connectivity index (χ1v) is 8.73. The fraction of sp³-hybridized carbons (Fsp3) is 0.353. The summed E-state index contributed by atoms with van der Waals surface area (Å²) < 4.78 is 0. The molecular formula is C17H18Cl2N4O2. The lowest BCUT2D eigenvalue weighted by atomic mass is 9.97. The van der Waals surface area contributed by atoms with Crippen LogP contribution in [0.1, 0.15) is 18.7 Å². The number of nitrogens with one attached hydrogen (secondary N) is 1. The zero-order chi connectivity index (χ0) is 18.0. The highest BCUT2D eigenvalue weighted by Crippen LogP contribution is 2.29. The van der Waals surface area contributed by atoms with Crippen LogP contribution in [0.2, 0.25) is 10.0 Å². The summed E-state index contributed by atoms with van der Waals surface area (Å²) in [5.74, 6) is 1.01. The number of carboxylic acids is 1. The van der Waals surface area contributed by atoms with Gasteiger partial charge in [-0.15, -0.1) is 0 Å². The van der Waals surface area contributed by atoms with E-state index in [1.165, 1.54) is 0 Å². The van der Waals surface area contributed by atoms with Gasteiger partial charge in [0.05, 0.1) is 16.6 Å². The fourth-order valence-electron chi connectivity index (χ4n) is 2.86. The molecule has 1 aromatic heterocycles. The maximum Gasteiger partial charge on any atom is 0.306 e. The van der Waals surface area contributed by atoms with E-state index in [4.69, 9.17) is 28.3 Å². The Balaban J connectivity index is 1.79. The average molecular weight is 381 g/mol. The van der Waals surface area contributed by atoms with Gasteiger partial charge in [0, 0.05) is 24.2 Å². The Morgan fingerprint density at radius 1 is 1.24 bits per heavy atom. The van der Waals surface area contributed by atoms with Crippen molar-refractivity contribution in [3.05, 3.63) is 40.1 Å². The number of aliphatic carboxylic acids is 1. The minimum Gasteiger partial charge on any atom is -0.481 e. The Hall–Kier alpha value is -2.05. The van der Waals surface area contributed by atoms with Crippen LogP contribution in [-0.4, -0.2) is 34.1 Å². The smallest absolute Gasteiger partial charge is 0.306 e. The van der Waals surface area contributed by atoms with Crippen molar-refractivity contribution in [3.8, 4) is 0 Å². The number of nitrogens with zero attached hydrogens (tertiary/aromatic N) is 3. The Morgan fingerprint density at radius 3 is 2.64 bits per heavy atom. The van der Waals surface area contributed by atoms with Gasteiger partial charge < -0.3 is 15.3 Å². The lowest BCUT2D eigenvalue weighted by molar-refractivity contribution is -0.142. The molecule has 0 saturated carbocycles. The lowest BCUT2D eigenvalue weighted by Gasteiger charge is -2.31. The SMILES string of the molecule is Cc1nc(Nc2cc(Cl)ccc2Cl)cc(N2CCC(C(=O)O)CC2)n1. The van der Waals surface area contributed by atoms with Crippen molar-refractivity contribution in [3.63, 3.8) is 0 Å². The van der Waals surface area contributed by atoms with Crippen LogP contribution in [0, 0.1) is 12.8 Å². The van der Waals surface area contributed by atoms with Crippen LogP contribution < -0.4 is 10.2 Å². The molecule has 0 amide bonds. The molecule has 1 aromatic carbocycles. The molecule has 1 aliphatic heterocycles. The van der Waals surface area contributed by atoms with Gasteiger partial charge in [-0.3, -0.25) is 4.79 Å². The summed E-state index contributed by atoms with van der Waals surface area (Å²) in [6, 6.07) is 7.01. The number of rotatable bonds is 4. The maximum atomic E-state index is 11.1. The molecule has 1 aliphatic rings. The molecule has 0 spiro atoms. The first-order chi connectivity index (χ1) is 11.9. The third kappa shape index (κ3) is 4.32. The number of piperidine rings is 1. The first-order valence-electron chi connectivity index (χ1n) is 7.98. The predicted molar refractivity (Wildman–Crippen MR) is 99.1 cm³/mol. The summed E-state index contributed by atoms with van der Waals surface area (Å²) in [5, 5.41) is 13.4. The van der Waals surface area contributed by atoms with Crippen LogP contribution in [0.5, 0.6) is 0 Å². The Labute approximate surface area is 155 Å². The molecule has 0 unspecified atom stereocenters. The highest BCUT2D eigenvalue weighted by Gasteiger charge is 2.25. The van der Waals surface area contributed by atoms with Gasteiger partial charge in [-0.1, -0.05) is 23.2 Å². The van der Waals surface area contributed by atoms with E-state index in [1.807, 2.05) is 13.0 Å². The molecule has 0 aliphatic carbocycles. The molecule has 25 heavy (non-hydrogen) atoms. The summed E-state index contributed by atoms with van der Waals surface area (Å²) in [4.78, 5) is 22.0. The van der Waals surface area contributed by atoms with E-state index in [9.17, 15) is 4.79 Å². The van der Waals surface area contributed by atoms with Gasteiger partial charge in [0.15, 0.2) is 0 Å². The molecular weight excluding hydrogens is 363 g/mol. The highest BCUT2D eigenvalue weighted by atomic mass is 35.5. The van der Waals surface area contributed by atoms with Crippen molar-refractivity contribution >= 4 is 46.5 Å². The summed E-state index contributed by atoms with van der Waals surface area (Å²) >= 11 is 12.2. The van der Waals surface area contributed by atoms with Crippen molar-refractivity contribution in [2.75, 3.05) is 23.3 Å². The zero-order valence-electron chi connectivity index (χ0n) is 13.7. The third-order valence-electron chi connectivity index (χ3n) is 4.18. The normalized spacial score (nSPS) is 15.2. The second-order valence-corrected chi connectivity index (χ2v) is 6.85. The number of anilines is 3. The number of halogens is 2. The lowest BCUT2D eigenvalue weighted by Crippen LogP contribution is -2.36. The van der Waals surface area contributed by atoms with Crippen molar-refractivity contribution in [1.29, 1.82) is 0 Å². The molecule has 6 nitrogen and oxygen atoms in total. The molecule has 1 fully saturated rings. The van der Waals surface area contributed by atoms with Crippen LogP contribution in [0.3, 0.4) is 0 Å². The molecule has 2 heterocycles. The number of benzene rings is 1. The van der Waals surface area contributed by atoms with E-state index in [1.54, 1.807) is 18.2 Å². The maximum absolute atomic E-state index is 11.1. The molecule has 132 valence electrons. The van der Waals surface area contributed by atoms with E-state index in [0.717, 1.165) is 5.82 Å². The molecule has 8 heteroatoms. The van der Waals surface area contributed by atoms with Crippen molar-refractivity contribution in [2.45, 2.75) is 19.8 Å². The summed E-state index contributed by atoms with van der Waals surface area (Å²) in [7, 11) is 0. The Bertz CT molecular complexity index is 792. The fourth-order valence-corrected chi connectivity index (χ4v) is 3.20. The highest BCUT2D eigenvalue weighted by molar-refractivity contribution is 6.35. The second kappa shape index (κ2) is 7.45. The van der Waals surface area contributed by atoms with E-state index in [0.29, 0.717) is 53.3 Å². The zero-order valence-corrected chi connectivity index (χ0v) is 15.2. The van der Waals surface area contributed by atoms with Crippen LogP contribution in [0.25, 0.3) is 0 Å². The second-order valence-electron chi connectivity index (χ2n) is 6.01. The van der Waals surface area contributed by atoms with Gasteiger partial charge in [0.25, 0.3) is 0 Å². The van der Waals surface area contributed by atoms with E-state index < -0.39 is 5.97 Å². The summed E-state index contributed by atoms with van der Waals surface area (Å²) in [6.45, 7) is 3.13. The van der Waals surface area contributed by atoms with Gasteiger partial charge in [0.1, 0.15) is 17.5 Å². The van der Waals surface area contributed by atoms with Crippen LogP contribution in [0.15, 0.2) is 24.3 Å². The first kappa shape index (κ1) is 17.8. The molecule has 3 rings (SSSR count). The minimum atomic E-state index is -0.725. The number of carboxylic acid groups (broad SMARTS) is 1. The molecule has 0 radical (unpaired) electrons. The number of aryl methyl sites for hydroxylation is 1. The predicted octanol–water partition coefficient (Wildman–Crippen LogP) is 4.14. The van der Waals surface area contributed by atoms with Crippen LogP contribution in [-0.2, 0) is 4.79 Å². The molecule has 0 atom stereocenters. The Kier molecular flexibility index (Phi) is 5.30. The third-order valence-corrected chi connectivity index (χ3v) is 4.75. The average Bonchev–Trinajstić information content (AvgIpc) is 2.58.